The summed E-state index contributed by atoms with van der Waals surface area (Å²) in [6.45, 7) is 7.15. The highest BCUT2D eigenvalue weighted by Crippen LogP contribution is 2.20. The van der Waals surface area contributed by atoms with Crippen LogP contribution in [0.1, 0.15) is 31.1 Å². The Morgan fingerprint density at radius 3 is 2.45 bits per heavy atom. The first-order valence-corrected chi connectivity index (χ1v) is 6.82. The summed E-state index contributed by atoms with van der Waals surface area (Å²) in [7, 11) is 0. The largest absolute Gasteiger partial charge is 0.462 e. The van der Waals surface area contributed by atoms with Gasteiger partial charge in [-0.2, -0.15) is 0 Å². The molecule has 1 aromatic carbocycles. The van der Waals surface area contributed by atoms with Crippen molar-refractivity contribution in [3.05, 3.63) is 29.8 Å². The van der Waals surface area contributed by atoms with Crippen LogP contribution in [0.2, 0.25) is 0 Å². The summed E-state index contributed by atoms with van der Waals surface area (Å²) in [6, 6.07) is 7.30. The Bertz CT molecular complexity index is 445. The molecule has 0 unspecified atom stereocenters. The molecule has 1 saturated heterocycles. The zero-order chi connectivity index (χ0) is 14.6. The number of ether oxygens (including phenoxy) is 3. The molecule has 0 radical (unpaired) electrons. The molecule has 0 amide bonds. The minimum atomic E-state index is -0.508. The van der Waals surface area contributed by atoms with Crippen LogP contribution >= 0.6 is 0 Å². The van der Waals surface area contributed by atoms with Gasteiger partial charge in [-0.3, -0.25) is 0 Å². The number of benzene rings is 1. The molecule has 110 valence electrons. The summed E-state index contributed by atoms with van der Waals surface area (Å²) < 4.78 is 16.1. The van der Waals surface area contributed by atoms with Crippen molar-refractivity contribution in [3.8, 4) is 0 Å². The average Bonchev–Trinajstić information content (AvgIpc) is 2.42. The van der Waals surface area contributed by atoms with Gasteiger partial charge < -0.3 is 19.5 Å². The third-order valence-corrected chi connectivity index (χ3v) is 3.03. The van der Waals surface area contributed by atoms with Gasteiger partial charge in [-0.15, -0.1) is 0 Å². The zero-order valence-electron chi connectivity index (χ0n) is 12.1. The molecule has 1 aliphatic rings. The van der Waals surface area contributed by atoms with E-state index in [9.17, 15) is 4.79 Å². The van der Waals surface area contributed by atoms with E-state index in [4.69, 9.17) is 14.2 Å². The monoisotopic (exact) mass is 279 g/mol. The number of rotatable bonds is 4. The molecule has 1 aliphatic heterocycles. The Morgan fingerprint density at radius 1 is 1.30 bits per heavy atom. The van der Waals surface area contributed by atoms with E-state index in [0.29, 0.717) is 25.4 Å². The SMILES string of the molecule is CCOC(=O)c1ccc(NC2COC(C)(C)OC2)cc1. The van der Waals surface area contributed by atoms with Gasteiger partial charge in [-0.25, -0.2) is 4.79 Å². The molecule has 0 saturated carbocycles. The lowest BCUT2D eigenvalue weighted by atomic mass is 10.2. The molecule has 1 N–H and O–H groups in total. The average molecular weight is 279 g/mol. The molecule has 0 bridgehead atoms. The predicted octanol–water partition coefficient (Wildman–Crippen LogP) is 2.43. The number of hydrogen-bond acceptors (Lipinski definition) is 5. The molecule has 0 atom stereocenters. The van der Waals surface area contributed by atoms with Gasteiger partial charge in [0, 0.05) is 5.69 Å². The molecular formula is C15H21NO4. The van der Waals surface area contributed by atoms with Crippen molar-refractivity contribution in [1.29, 1.82) is 0 Å². The van der Waals surface area contributed by atoms with Crippen LogP contribution in [0.15, 0.2) is 24.3 Å². The first-order chi connectivity index (χ1) is 9.50. The Hall–Kier alpha value is -1.59. The first kappa shape index (κ1) is 14.8. The Labute approximate surface area is 119 Å². The van der Waals surface area contributed by atoms with Crippen LogP contribution in [0.5, 0.6) is 0 Å². The number of carbonyl (C=O) groups excluding carboxylic acids is 1. The van der Waals surface area contributed by atoms with Gasteiger partial charge in [0.1, 0.15) is 0 Å². The lowest BCUT2D eigenvalue weighted by Gasteiger charge is -2.35. The van der Waals surface area contributed by atoms with Crippen molar-refractivity contribution in [1.82, 2.24) is 0 Å². The van der Waals surface area contributed by atoms with Crippen LogP contribution in [-0.2, 0) is 14.2 Å². The molecule has 2 rings (SSSR count). The third-order valence-electron chi connectivity index (χ3n) is 3.03. The molecule has 1 heterocycles. The Balaban J connectivity index is 1.90. The van der Waals surface area contributed by atoms with Crippen molar-refractivity contribution in [2.45, 2.75) is 32.6 Å². The van der Waals surface area contributed by atoms with Gasteiger partial charge >= 0.3 is 5.97 Å². The first-order valence-electron chi connectivity index (χ1n) is 6.82. The maximum absolute atomic E-state index is 11.5. The molecular weight excluding hydrogens is 258 g/mol. The maximum Gasteiger partial charge on any atom is 0.338 e. The van der Waals surface area contributed by atoms with Gasteiger partial charge in [0.05, 0.1) is 31.4 Å². The molecule has 5 nitrogen and oxygen atoms in total. The van der Waals surface area contributed by atoms with E-state index in [2.05, 4.69) is 5.32 Å². The summed E-state index contributed by atoms with van der Waals surface area (Å²) in [6.07, 6.45) is 0. The van der Waals surface area contributed by atoms with E-state index in [1.54, 1.807) is 19.1 Å². The summed E-state index contributed by atoms with van der Waals surface area (Å²) >= 11 is 0. The van der Waals surface area contributed by atoms with Gasteiger partial charge in [0.15, 0.2) is 5.79 Å². The quantitative estimate of drug-likeness (QED) is 0.858. The summed E-state index contributed by atoms with van der Waals surface area (Å²) in [5.74, 6) is -0.809. The van der Waals surface area contributed by atoms with E-state index < -0.39 is 5.79 Å². The van der Waals surface area contributed by atoms with Gasteiger partial charge in [-0.05, 0) is 45.0 Å². The molecule has 1 aromatic rings. The van der Waals surface area contributed by atoms with Crippen LogP contribution < -0.4 is 5.32 Å². The van der Waals surface area contributed by atoms with E-state index in [-0.39, 0.29) is 12.0 Å². The van der Waals surface area contributed by atoms with Crippen LogP contribution in [0.25, 0.3) is 0 Å². The second-order valence-electron chi connectivity index (χ2n) is 5.16. The van der Waals surface area contributed by atoms with Crippen LogP contribution in [0, 0.1) is 0 Å². The van der Waals surface area contributed by atoms with Crippen molar-refractivity contribution < 1.29 is 19.0 Å². The van der Waals surface area contributed by atoms with Crippen molar-refractivity contribution in [3.63, 3.8) is 0 Å². The second-order valence-corrected chi connectivity index (χ2v) is 5.16. The summed E-state index contributed by atoms with van der Waals surface area (Å²) in [5.41, 5.74) is 1.48. The van der Waals surface area contributed by atoms with E-state index in [0.717, 1.165) is 5.69 Å². The molecule has 1 fully saturated rings. The molecule has 0 aromatic heterocycles. The molecule has 5 heteroatoms. The lowest BCUT2D eigenvalue weighted by molar-refractivity contribution is -0.247. The molecule has 0 spiro atoms. The van der Waals surface area contributed by atoms with Crippen LogP contribution in [-0.4, -0.2) is 37.6 Å². The van der Waals surface area contributed by atoms with Crippen LogP contribution in [0.4, 0.5) is 5.69 Å². The summed E-state index contributed by atoms with van der Waals surface area (Å²) in [5, 5.41) is 3.31. The standard InChI is InChI=1S/C15H21NO4/c1-4-18-14(17)11-5-7-12(8-6-11)16-13-9-19-15(2,3)20-10-13/h5-8,13,16H,4,9-10H2,1-3H3. The fourth-order valence-corrected chi connectivity index (χ4v) is 1.93. The van der Waals surface area contributed by atoms with Crippen LogP contribution in [0.3, 0.4) is 0 Å². The fourth-order valence-electron chi connectivity index (χ4n) is 1.93. The normalized spacial score (nSPS) is 18.6. The number of carbonyl (C=O) groups is 1. The van der Waals surface area contributed by atoms with Gasteiger partial charge in [0.25, 0.3) is 0 Å². The second kappa shape index (κ2) is 6.24. The highest BCUT2D eigenvalue weighted by atomic mass is 16.7. The lowest BCUT2D eigenvalue weighted by Crippen LogP contribution is -2.45. The smallest absolute Gasteiger partial charge is 0.338 e. The number of nitrogens with one attached hydrogen (secondary N) is 1. The summed E-state index contributed by atoms with van der Waals surface area (Å²) in [4.78, 5) is 11.5. The Kier molecular flexibility index (Phi) is 4.62. The van der Waals surface area contributed by atoms with Crippen molar-refractivity contribution in [2.75, 3.05) is 25.1 Å². The maximum atomic E-state index is 11.5. The zero-order valence-corrected chi connectivity index (χ0v) is 12.1. The van der Waals surface area contributed by atoms with Crippen molar-refractivity contribution in [2.24, 2.45) is 0 Å². The topological polar surface area (TPSA) is 56.8 Å². The van der Waals surface area contributed by atoms with Gasteiger partial charge in [-0.1, -0.05) is 0 Å². The third kappa shape index (κ3) is 3.95. The van der Waals surface area contributed by atoms with Crippen molar-refractivity contribution >= 4 is 11.7 Å². The van der Waals surface area contributed by atoms with Gasteiger partial charge in [0.2, 0.25) is 0 Å². The fraction of sp³-hybridized carbons (Fsp3) is 0.533. The number of hydrogen-bond donors (Lipinski definition) is 1. The number of anilines is 1. The Morgan fingerprint density at radius 2 is 1.90 bits per heavy atom. The number of esters is 1. The highest BCUT2D eigenvalue weighted by molar-refractivity contribution is 5.89. The predicted molar refractivity (Wildman–Crippen MR) is 75.8 cm³/mol. The van der Waals surface area contributed by atoms with E-state index in [1.807, 2.05) is 26.0 Å². The molecule has 0 aliphatic carbocycles. The minimum Gasteiger partial charge on any atom is -0.462 e. The van der Waals surface area contributed by atoms with E-state index in [1.165, 1.54) is 0 Å². The van der Waals surface area contributed by atoms with E-state index >= 15 is 0 Å². The highest BCUT2D eigenvalue weighted by Gasteiger charge is 2.28. The minimum absolute atomic E-state index is 0.108. The molecule has 20 heavy (non-hydrogen) atoms.